The predicted molar refractivity (Wildman–Crippen MR) is 101 cm³/mol. The molecule has 3 aromatic rings. The van der Waals surface area contributed by atoms with Crippen molar-refractivity contribution in [1.82, 2.24) is 4.98 Å². The lowest BCUT2D eigenvalue weighted by Gasteiger charge is -2.21. The molecule has 0 spiro atoms. The van der Waals surface area contributed by atoms with Gasteiger partial charge >= 0.3 is 0 Å². The monoisotopic (exact) mass is 336 g/mol. The Morgan fingerprint density at radius 3 is 2.68 bits per heavy atom. The summed E-state index contributed by atoms with van der Waals surface area (Å²) in [5, 5.41) is 3.41. The van der Waals surface area contributed by atoms with Gasteiger partial charge < -0.3 is 14.5 Å². The molecule has 25 heavy (non-hydrogen) atoms. The molecule has 4 heteroatoms. The summed E-state index contributed by atoms with van der Waals surface area (Å²) in [7, 11) is 0. The molecule has 1 aliphatic rings. The summed E-state index contributed by atoms with van der Waals surface area (Å²) in [6.07, 6.45) is 8.55. The molecular weight excluding hydrogens is 312 g/mol. The second-order valence-electron chi connectivity index (χ2n) is 6.66. The summed E-state index contributed by atoms with van der Waals surface area (Å²) in [6, 6.07) is 11.9. The van der Waals surface area contributed by atoms with Crippen LogP contribution in [0.1, 0.15) is 51.3 Å². The van der Waals surface area contributed by atoms with Crippen LogP contribution in [0.3, 0.4) is 0 Å². The Morgan fingerprint density at radius 2 is 1.76 bits per heavy atom. The van der Waals surface area contributed by atoms with Crippen LogP contribution in [-0.4, -0.2) is 4.98 Å². The zero-order chi connectivity index (χ0) is 17.1. The minimum atomic E-state index is 0.786. The van der Waals surface area contributed by atoms with E-state index in [9.17, 15) is 0 Å². The molecule has 2 aromatic carbocycles. The van der Waals surface area contributed by atoms with E-state index < -0.39 is 0 Å². The highest BCUT2D eigenvalue weighted by Crippen LogP contribution is 2.43. The Balaban J connectivity index is 1.45. The van der Waals surface area contributed by atoms with Gasteiger partial charge in [-0.3, -0.25) is 0 Å². The number of rotatable bonds is 7. The van der Waals surface area contributed by atoms with Gasteiger partial charge in [-0.2, -0.15) is 0 Å². The molecule has 0 saturated carbocycles. The SMILES string of the molecule is CCCCCCCCc1nc2cc3c(cc2o1)Oc1ccccc1N3. The van der Waals surface area contributed by atoms with Crippen molar-refractivity contribution in [2.45, 2.75) is 51.9 Å². The van der Waals surface area contributed by atoms with Crippen molar-refractivity contribution < 1.29 is 9.15 Å². The molecule has 1 aromatic heterocycles. The van der Waals surface area contributed by atoms with E-state index in [-0.39, 0.29) is 0 Å². The number of oxazole rings is 1. The van der Waals surface area contributed by atoms with Crippen molar-refractivity contribution in [2.75, 3.05) is 5.32 Å². The smallest absolute Gasteiger partial charge is 0.195 e. The van der Waals surface area contributed by atoms with Crippen molar-refractivity contribution in [3.05, 3.63) is 42.3 Å². The van der Waals surface area contributed by atoms with Gasteiger partial charge in [-0.25, -0.2) is 4.98 Å². The van der Waals surface area contributed by atoms with Crippen LogP contribution in [0.2, 0.25) is 0 Å². The number of benzene rings is 2. The van der Waals surface area contributed by atoms with Gasteiger partial charge in [0.1, 0.15) is 5.52 Å². The molecular formula is C21H24N2O2. The number of nitrogens with zero attached hydrogens (tertiary/aromatic N) is 1. The maximum atomic E-state index is 5.98. The fourth-order valence-electron chi connectivity index (χ4n) is 3.27. The Morgan fingerprint density at radius 1 is 0.920 bits per heavy atom. The minimum absolute atomic E-state index is 0.786. The van der Waals surface area contributed by atoms with Crippen LogP contribution < -0.4 is 10.1 Å². The van der Waals surface area contributed by atoms with E-state index in [2.05, 4.69) is 17.2 Å². The highest BCUT2D eigenvalue weighted by Gasteiger charge is 2.18. The van der Waals surface area contributed by atoms with Gasteiger partial charge in [-0.05, 0) is 24.6 Å². The van der Waals surface area contributed by atoms with Crippen LogP contribution >= 0.6 is 0 Å². The fourth-order valence-corrected chi connectivity index (χ4v) is 3.27. The zero-order valence-corrected chi connectivity index (χ0v) is 14.7. The first-order valence-corrected chi connectivity index (χ1v) is 9.31. The van der Waals surface area contributed by atoms with Crippen molar-refractivity contribution in [3.63, 3.8) is 0 Å². The molecule has 4 rings (SSSR count). The number of hydrogen-bond donors (Lipinski definition) is 1. The first-order valence-electron chi connectivity index (χ1n) is 9.31. The molecule has 130 valence electrons. The number of anilines is 2. The molecule has 2 heterocycles. The summed E-state index contributed by atoms with van der Waals surface area (Å²) in [4.78, 5) is 4.65. The number of aryl methyl sites for hydroxylation is 1. The number of para-hydroxylation sites is 2. The molecule has 4 nitrogen and oxygen atoms in total. The average Bonchev–Trinajstić information content (AvgIpc) is 3.02. The van der Waals surface area contributed by atoms with Crippen LogP contribution in [0.25, 0.3) is 11.1 Å². The van der Waals surface area contributed by atoms with Gasteiger partial charge in [0.05, 0.1) is 11.4 Å². The summed E-state index contributed by atoms with van der Waals surface area (Å²) in [5.74, 6) is 2.44. The topological polar surface area (TPSA) is 47.3 Å². The molecule has 0 fully saturated rings. The van der Waals surface area contributed by atoms with Gasteiger partial charge in [-0.15, -0.1) is 0 Å². The summed E-state index contributed by atoms with van der Waals surface area (Å²) >= 11 is 0. The number of nitrogens with one attached hydrogen (secondary N) is 1. The normalized spacial score (nSPS) is 12.4. The Kier molecular flexibility index (Phi) is 4.59. The van der Waals surface area contributed by atoms with Crippen LogP contribution in [0.4, 0.5) is 11.4 Å². The number of aromatic nitrogens is 1. The van der Waals surface area contributed by atoms with Crippen molar-refractivity contribution in [2.24, 2.45) is 0 Å². The lowest BCUT2D eigenvalue weighted by atomic mass is 10.1. The summed E-state index contributed by atoms with van der Waals surface area (Å²) in [6.45, 7) is 2.25. The van der Waals surface area contributed by atoms with Gasteiger partial charge in [0.2, 0.25) is 0 Å². The van der Waals surface area contributed by atoms with E-state index in [1.807, 2.05) is 36.4 Å². The number of unbranched alkanes of at least 4 members (excludes halogenated alkanes) is 5. The summed E-state index contributed by atoms with van der Waals surface area (Å²) in [5.41, 5.74) is 3.59. The number of ether oxygens (including phenoxy) is 1. The van der Waals surface area contributed by atoms with E-state index in [1.54, 1.807) is 0 Å². The van der Waals surface area contributed by atoms with E-state index in [0.717, 1.165) is 52.7 Å². The second kappa shape index (κ2) is 7.18. The molecule has 1 N–H and O–H groups in total. The largest absolute Gasteiger partial charge is 0.453 e. The lowest BCUT2D eigenvalue weighted by molar-refractivity contribution is 0.477. The first kappa shape index (κ1) is 16.0. The van der Waals surface area contributed by atoms with Crippen LogP contribution in [0.5, 0.6) is 11.5 Å². The van der Waals surface area contributed by atoms with Gasteiger partial charge in [-0.1, -0.05) is 51.2 Å². The molecule has 0 unspecified atom stereocenters. The number of hydrogen-bond acceptors (Lipinski definition) is 4. The van der Waals surface area contributed by atoms with Crippen LogP contribution in [-0.2, 0) is 6.42 Å². The molecule has 0 amide bonds. The number of fused-ring (bicyclic) bond motifs is 3. The standard InChI is InChI=1S/C21H24N2O2/c1-2-3-4-5-6-7-12-21-23-17-13-16-19(14-20(17)25-21)24-18-11-9-8-10-15(18)22-16/h8-11,13-14,22H,2-7,12H2,1H3. The maximum absolute atomic E-state index is 5.98. The van der Waals surface area contributed by atoms with Gasteiger partial charge in [0.25, 0.3) is 0 Å². The predicted octanol–water partition coefficient (Wildman–Crippen LogP) is 6.58. The Bertz CT molecular complexity index is 807. The Labute approximate surface area is 148 Å². The zero-order valence-electron chi connectivity index (χ0n) is 14.7. The van der Waals surface area contributed by atoms with Crippen molar-refractivity contribution in [3.8, 4) is 11.5 Å². The van der Waals surface area contributed by atoms with E-state index in [0.29, 0.717) is 0 Å². The van der Waals surface area contributed by atoms with Crippen LogP contribution in [0, 0.1) is 0 Å². The summed E-state index contributed by atoms with van der Waals surface area (Å²) < 4.78 is 11.9. The highest BCUT2D eigenvalue weighted by atomic mass is 16.5. The third kappa shape index (κ3) is 3.48. The average molecular weight is 336 g/mol. The van der Waals surface area contributed by atoms with E-state index in [1.165, 1.54) is 32.1 Å². The lowest BCUT2D eigenvalue weighted by Crippen LogP contribution is -2.02. The molecule has 1 aliphatic heterocycles. The fraction of sp³-hybridized carbons (Fsp3) is 0.381. The van der Waals surface area contributed by atoms with Gasteiger partial charge in [0.15, 0.2) is 23.0 Å². The molecule has 0 bridgehead atoms. The van der Waals surface area contributed by atoms with Gasteiger partial charge in [0, 0.05) is 12.5 Å². The van der Waals surface area contributed by atoms with E-state index >= 15 is 0 Å². The second-order valence-corrected chi connectivity index (χ2v) is 6.66. The molecule has 0 radical (unpaired) electrons. The molecule has 0 saturated heterocycles. The third-order valence-corrected chi connectivity index (χ3v) is 4.65. The first-order chi connectivity index (χ1) is 12.3. The highest BCUT2D eigenvalue weighted by molar-refractivity contribution is 5.86. The molecule has 0 aliphatic carbocycles. The van der Waals surface area contributed by atoms with E-state index in [4.69, 9.17) is 9.15 Å². The Hall–Kier alpha value is -2.49. The molecule has 0 atom stereocenters. The third-order valence-electron chi connectivity index (χ3n) is 4.65. The quantitative estimate of drug-likeness (QED) is 0.387. The minimum Gasteiger partial charge on any atom is -0.453 e. The van der Waals surface area contributed by atoms with Crippen molar-refractivity contribution in [1.29, 1.82) is 0 Å². The maximum Gasteiger partial charge on any atom is 0.195 e. The van der Waals surface area contributed by atoms with Crippen molar-refractivity contribution >= 4 is 22.5 Å². The van der Waals surface area contributed by atoms with Crippen LogP contribution in [0.15, 0.2) is 40.8 Å².